The highest BCUT2D eigenvalue weighted by Gasteiger charge is 2.06. The summed E-state index contributed by atoms with van der Waals surface area (Å²) < 4.78 is 5.09. The second-order valence-corrected chi connectivity index (χ2v) is 5.79. The van der Waals surface area contributed by atoms with Crippen LogP contribution in [0.25, 0.3) is 6.08 Å². The molecule has 0 heterocycles. The van der Waals surface area contributed by atoms with Crippen molar-refractivity contribution in [2.75, 3.05) is 6.54 Å². The fourth-order valence-electron chi connectivity index (χ4n) is 1.79. The van der Waals surface area contributed by atoms with Gasteiger partial charge in [0.15, 0.2) is 0 Å². The van der Waals surface area contributed by atoms with Crippen molar-refractivity contribution in [2.45, 2.75) is 6.61 Å². The molecule has 120 valence electrons. The Labute approximate surface area is 149 Å². The molecule has 2 aromatic rings. The normalized spacial score (nSPS) is 10.7. The van der Waals surface area contributed by atoms with Crippen LogP contribution >= 0.6 is 34.8 Å². The largest absolute Gasteiger partial charge is 0.445 e. The molecule has 0 unspecified atom stereocenters. The number of hydrogen-bond donors (Lipinski definition) is 1. The number of carbonyl (C=O) groups excluding carboxylic acids is 1. The van der Waals surface area contributed by atoms with E-state index in [2.05, 4.69) is 5.32 Å². The maximum Gasteiger partial charge on any atom is 0.407 e. The van der Waals surface area contributed by atoms with E-state index in [0.29, 0.717) is 20.6 Å². The van der Waals surface area contributed by atoms with E-state index in [1.807, 2.05) is 30.3 Å². The fraction of sp³-hybridized carbons (Fsp3) is 0.118. The fourth-order valence-corrected chi connectivity index (χ4v) is 2.45. The van der Waals surface area contributed by atoms with Crippen LogP contribution in [0.1, 0.15) is 11.1 Å². The van der Waals surface area contributed by atoms with Crippen molar-refractivity contribution < 1.29 is 9.53 Å². The molecule has 0 radical (unpaired) electrons. The highest BCUT2D eigenvalue weighted by atomic mass is 35.5. The summed E-state index contributed by atoms with van der Waals surface area (Å²) in [7, 11) is 0. The molecule has 1 amide bonds. The molecule has 0 aliphatic heterocycles. The zero-order chi connectivity index (χ0) is 16.7. The topological polar surface area (TPSA) is 38.3 Å². The smallest absolute Gasteiger partial charge is 0.407 e. The lowest BCUT2D eigenvalue weighted by Gasteiger charge is -2.06. The second-order valence-electron chi connectivity index (χ2n) is 4.60. The summed E-state index contributed by atoms with van der Waals surface area (Å²) in [4.78, 5) is 11.6. The van der Waals surface area contributed by atoms with Crippen molar-refractivity contribution in [3.8, 4) is 0 Å². The van der Waals surface area contributed by atoms with Gasteiger partial charge in [0.1, 0.15) is 6.61 Å². The summed E-state index contributed by atoms with van der Waals surface area (Å²) in [6, 6.07) is 12.7. The Morgan fingerprint density at radius 1 is 1.04 bits per heavy atom. The summed E-state index contributed by atoms with van der Waals surface area (Å²) >= 11 is 18.1. The first-order valence-electron chi connectivity index (χ1n) is 6.82. The maximum atomic E-state index is 11.6. The average molecular weight is 371 g/mol. The van der Waals surface area contributed by atoms with Gasteiger partial charge in [0.05, 0.1) is 10.0 Å². The number of amides is 1. The lowest BCUT2D eigenvalue weighted by atomic mass is 10.2. The summed E-state index contributed by atoms with van der Waals surface area (Å²) in [5.74, 6) is 0. The maximum absolute atomic E-state index is 11.6. The number of ether oxygens (including phenoxy) is 1. The second kappa shape index (κ2) is 8.82. The first-order valence-corrected chi connectivity index (χ1v) is 7.96. The first kappa shape index (κ1) is 17.7. The number of alkyl carbamates (subject to hydrolysis) is 1. The number of hydrogen-bond acceptors (Lipinski definition) is 2. The molecule has 0 aromatic heterocycles. The molecular weight excluding hydrogens is 357 g/mol. The SMILES string of the molecule is O=C(NCC=Cc1c(Cl)ccc(Cl)c1Cl)OCc1ccccc1. The van der Waals surface area contributed by atoms with Crippen LogP contribution in [0.4, 0.5) is 4.79 Å². The van der Waals surface area contributed by atoms with Gasteiger partial charge in [-0.2, -0.15) is 0 Å². The van der Waals surface area contributed by atoms with Gasteiger partial charge in [-0.15, -0.1) is 0 Å². The van der Waals surface area contributed by atoms with Gasteiger partial charge in [-0.25, -0.2) is 4.79 Å². The predicted molar refractivity (Wildman–Crippen MR) is 95.1 cm³/mol. The zero-order valence-corrected chi connectivity index (χ0v) is 14.3. The Hall–Kier alpha value is -1.68. The van der Waals surface area contributed by atoms with Gasteiger partial charge in [0, 0.05) is 17.1 Å². The minimum atomic E-state index is -0.498. The highest BCUT2D eigenvalue weighted by molar-refractivity contribution is 6.44. The van der Waals surface area contributed by atoms with Crippen molar-refractivity contribution in [2.24, 2.45) is 0 Å². The van der Waals surface area contributed by atoms with Gasteiger partial charge in [0.2, 0.25) is 0 Å². The van der Waals surface area contributed by atoms with Crippen LogP contribution in [0.15, 0.2) is 48.5 Å². The van der Waals surface area contributed by atoms with Crippen LogP contribution in [0, 0.1) is 0 Å². The third kappa shape index (κ3) is 5.47. The summed E-state index contributed by atoms with van der Waals surface area (Å²) in [5, 5.41) is 3.90. The lowest BCUT2D eigenvalue weighted by Crippen LogP contribution is -2.24. The van der Waals surface area contributed by atoms with Crippen molar-refractivity contribution in [1.29, 1.82) is 0 Å². The van der Waals surface area contributed by atoms with E-state index >= 15 is 0 Å². The number of nitrogens with one attached hydrogen (secondary N) is 1. The molecule has 0 saturated carbocycles. The standard InChI is InChI=1S/C17H14Cl3NO2/c18-14-8-9-15(19)16(20)13(14)7-4-10-21-17(22)23-11-12-5-2-1-3-6-12/h1-9H,10-11H2,(H,21,22). The third-order valence-electron chi connectivity index (χ3n) is 2.94. The molecule has 0 aliphatic carbocycles. The van der Waals surface area contributed by atoms with Crippen LogP contribution in [0.2, 0.25) is 15.1 Å². The molecule has 0 fully saturated rings. The molecule has 23 heavy (non-hydrogen) atoms. The quantitative estimate of drug-likeness (QED) is 0.697. The zero-order valence-electron chi connectivity index (χ0n) is 12.1. The molecule has 2 rings (SSSR count). The van der Waals surface area contributed by atoms with E-state index in [-0.39, 0.29) is 13.2 Å². The number of halogens is 3. The Bertz CT molecular complexity index is 702. The van der Waals surface area contributed by atoms with E-state index in [1.54, 1.807) is 24.3 Å². The van der Waals surface area contributed by atoms with Gasteiger partial charge >= 0.3 is 6.09 Å². The molecule has 6 heteroatoms. The van der Waals surface area contributed by atoms with E-state index in [1.165, 1.54) is 0 Å². The monoisotopic (exact) mass is 369 g/mol. The van der Waals surface area contributed by atoms with Crippen molar-refractivity contribution in [1.82, 2.24) is 5.32 Å². The van der Waals surface area contributed by atoms with Crippen molar-refractivity contribution >= 4 is 47.0 Å². The van der Waals surface area contributed by atoms with E-state index in [0.717, 1.165) is 5.56 Å². The van der Waals surface area contributed by atoms with Crippen molar-refractivity contribution in [3.05, 3.63) is 74.7 Å². The highest BCUT2D eigenvalue weighted by Crippen LogP contribution is 2.32. The number of carbonyl (C=O) groups is 1. The summed E-state index contributed by atoms with van der Waals surface area (Å²) in [6.07, 6.45) is 2.92. The Kier molecular flexibility index (Phi) is 6.78. The van der Waals surface area contributed by atoms with Gasteiger partial charge in [-0.1, -0.05) is 77.3 Å². The van der Waals surface area contributed by atoms with Crippen LogP contribution in [-0.2, 0) is 11.3 Å². The van der Waals surface area contributed by atoms with Crippen LogP contribution in [0.5, 0.6) is 0 Å². The summed E-state index contributed by atoms with van der Waals surface area (Å²) in [6.45, 7) is 0.509. The molecule has 3 nitrogen and oxygen atoms in total. The molecule has 2 aromatic carbocycles. The molecule has 0 aliphatic rings. The molecule has 0 spiro atoms. The molecule has 0 atom stereocenters. The van der Waals surface area contributed by atoms with E-state index in [9.17, 15) is 4.79 Å². The van der Waals surface area contributed by atoms with Gasteiger partial charge in [0.25, 0.3) is 0 Å². The minimum absolute atomic E-state index is 0.225. The Balaban J connectivity index is 1.80. The first-order chi connectivity index (χ1) is 11.1. The van der Waals surface area contributed by atoms with Gasteiger partial charge in [-0.3, -0.25) is 0 Å². The number of benzene rings is 2. The summed E-state index contributed by atoms with van der Waals surface area (Å²) in [5.41, 5.74) is 1.54. The molecule has 0 saturated heterocycles. The van der Waals surface area contributed by atoms with Crippen LogP contribution < -0.4 is 5.32 Å². The van der Waals surface area contributed by atoms with Crippen molar-refractivity contribution in [3.63, 3.8) is 0 Å². The lowest BCUT2D eigenvalue weighted by molar-refractivity contribution is 0.141. The van der Waals surface area contributed by atoms with E-state index in [4.69, 9.17) is 39.5 Å². The Morgan fingerprint density at radius 3 is 2.48 bits per heavy atom. The molecule has 1 N–H and O–H groups in total. The molecule has 0 bridgehead atoms. The number of rotatable bonds is 5. The van der Waals surface area contributed by atoms with Gasteiger partial charge < -0.3 is 10.1 Å². The average Bonchev–Trinajstić information content (AvgIpc) is 2.57. The van der Waals surface area contributed by atoms with Crippen LogP contribution in [-0.4, -0.2) is 12.6 Å². The van der Waals surface area contributed by atoms with Gasteiger partial charge in [-0.05, 0) is 17.7 Å². The van der Waals surface area contributed by atoms with E-state index < -0.39 is 6.09 Å². The van der Waals surface area contributed by atoms with Crippen LogP contribution in [0.3, 0.4) is 0 Å². The third-order valence-corrected chi connectivity index (χ3v) is 4.09. The predicted octanol–water partition coefficient (Wildman–Crippen LogP) is 5.59. The Morgan fingerprint density at radius 2 is 1.74 bits per heavy atom. The molecular formula is C17H14Cl3NO2. The minimum Gasteiger partial charge on any atom is -0.445 e.